The Balaban J connectivity index is 4.09. The molecule has 0 aromatic heterocycles. The van der Waals surface area contributed by atoms with E-state index in [1.807, 2.05) is 0 Å². The number of ether oxygens (including phenoxy) is 3. The number of unbranched alkanes of at least 4 members (excludes halogenated alkanes) is 50. The van der Waals surface area contributed by atoms with Gasteiger partial charge in [0.05, 0.1) is 0 Å². The van der Waals surface area contributed by atoms with E-state index in [0.29, 0.717) is 19.3 Å². The lowest BCUT2D eigenvalue weighted by Gasteiger charge is -2.18. The molecule has 0 rings (SSSR count). The van der Waals surface area contributed by atoms with Crippen molar-refractivity contribution in [1.82, 2.24) is 0 Å². The first-order valence-corrected chi connectivity index (χ1v) is 36.0. The van der Waals surface area contributed by atoms with E-state index in [1.54, 1.807) is 0 Å². The van der Waals surface area contributed by atoms with Crippen molar-refractivity contribution in [3.8, 4) is 0 Å². The largest absolute Gasteiger partial charge is 0.462 e. The zero-order valence-corrected chi connectivity index (χ0v) is 54.1. The molecule has 0 bridgehead atoms. The van der Waals surface area contributed by atoms with Crippen molar-refractivity contribution < 1.29 is 28.6 Å². The quantitative estimate of drug-likeness (QED) is 0.0261. The molecule has 0 amide bonds. The number of allylic oxidation sites excluding steroid dienone is 6. The molecular weight excluding hydrogens is 985 g/mol. The molecule has 0 aromatic rings. The normalized spacial score (nSPS) is 12.2. The Kier molecular flexibility index (Phi) is 67.1. The summed E-state index contributed by atoms with van der Waals surface area (Å²) >= 11 is 0. The standard InChI is InChI=1S/C74H138O6/c1-4-7-10-13-16-19-22-25-28-29-30-31-32-33-34-35-36-37-38-39-40-41-42-43-44-45-47-49-52-55-58-61-64-67-73(76)79-70-71(69-78-72(75)66-63-60-57-54-51-48-27-24-21-18-15-12-9-6-3)80-74(77)68-65-62-59-56-53-50-46-26-23-20-17-14-11-8-5-2/h15,18,24,26-27,46,71H,4-14,16-17,19-23,25,28-45,47-70H2,1-3H3/b18-15-,27-24-,46-26-. The number of rotatable bonds is 67. The molecule has 0 aliphatic carbocycles. The van der Waals surface area contributed by atoms with Gasteiger partial charge < -0.3 is 14.2 Å². The van der Waals surface area contributed by atoms with Crippen molar-refractivity contribution in [3.63, 3.8) is 0 Å². The van der Waals surface area contributed by atoms with Crippen molar-refractivity contribution in [1.29, 1.82) is 0 Å². The van der Waals surface area contributed by atoms with Crippen molar-refractivity contribution >= 4 is 17.9 Å². The molecule has 0 spiro atoms. The Hall–Kier alpha value is -2.37. The monoisotopic (exact) mass is 1120 g/mol. The highest BCUT2D eigenvalue weighted by molar-refractivity contribution is 5.71. The van der Waals surface area contributed by atoms with Gasteiger partial charge in [-0.15, -0.1) is 0 Å². The van der Waals surface area contributed by atoms with Gasteiger partial charge in [-0.25, -0.2) is 0 Å². The van der Waals surface area contributed by atoms with E-state index in [0.717, 1.165) is 83.5 Å². The van der Waals surface area contributed by atoms with E-state index in [2.05, 4.69) is 57.2 Å². The first-order chi connectivity index (χ1) is 39.5. The average Bonchev–Trinajstić information content (AvgIpc) is 3.46. The summed E-state index contributed by atoms with van der Waals surface area (Å²) in [6.45, 7) is 6.64. The van der Waals surface area contributed by atoms with Crippen LogP contribution in [0.3, 0.4) is 0 Å². The van der Waals surface area contributed by atoms with E-state index in [1.165, 1.54) is 276 Å². The average molecular weight is 1120 g/mol. The van der Waals surface area contributed by atoms with Gasteiger partial charge in [-0.05, 0) is 70.6 Å². The minimum Gasteiger partial charge on any atom is -0.462 e. The van der Waals surface area contributed by atoms with Crippen LogP contribution in [-0.2, 0) is 28.6 Å². The predicted molar refractivity (Wildman–Crippen MR) is 349 cm³/mol. The summed E-state index contributed by atoms with van der Waals surface area (Å²) < 4.78 is 16.9. The third-order valence-electron chi connectivity index (χ3n) is 16.4. The highest BCUT2D eigenvalue weighted by Gasteiger charge is 2.19. The van der Waals surface area contributed by atoms with E-state index in [9.17, 15) is 14.4 Å². The van der Waals surface area contributed by atoms with Gasteiger partial charge >= 0.3 is 17.9 Å². The lowest BCUT2D eigenvalue weighted by atomic mass is 10.0. The Morgan fingerprint density at radius 2 is 0.463 bits per heavy atom. The lowest BCUT2D eigenvalue weighted by Crippen LogP contribution is -2.30. The van der Waals surface area contributed by atoms with Crippen LogP contribution in [0.15, 0.2) is 36.5 Å². The van der Waals surface area contributed by atoms with E-state index < -0.39 is 6.10 Å². The van der Waals surface area contributed by atoms with Crippen LogP contribution < -0.4 is 0 Å². The minimum atomic E-state index is -0.781. The molecular formula is C74H138O6. The van der Waals surface area contributed by atoms with Gasteiger partial charge in [0, 0.05) is 19.3 Å². The van der Waals surface area contributed by atoms with Crippen molar-refractivity contribution in [2.75, 3.05) is 13.2 Å². The smallest absolute Gasteiger partial charge is 0.306 e. The second kappa shape index (κ2) is 69.1. The highest BCUT2D eigenvalue weighted by Crippen LogP contribution is 2.19. The number of hydrogen-bond acceptors (Lipinski definition) is 6. The molecule has 0 N–H and O–H groups in total. The van der Waals surface area contributed by atoms with Gasteiger partial charge in [-0.1, -0.05) is 346 Å². The first kappa shape index (κ1) is 77.6. The van der Waals surface area contributed by atoms with Crippen molar-refractivity contribution in [2.45, 2.75) is 406 Å². The van der Waals surface area contributed by atoms with Crippen molar-refractivity contribution in [2.24, 2.45) is 0 Å². The summed E-state index contributed by atoms with van der Waals surface area (Å²) in [5.74, 6) is -0.874. The molecule has 0 heterocycles. The fraction of sp³-hybridized carbons (Fsp3) is 0.878. The highest BCUT2D eigenvalue weighted by atomic mass is 16.6. The summed E-state index contributed by atoms with van der Waals surface area (Å²) in [5, 5.41) is 0. The summed E-state index contributed by atoms with van der Waals surface area (Å²) in [7, 11) is 0. The molecule has 470 valence electrons. The molecule has 6 nitrogen and oxygen atoms in total. The summed E-state index contributed by atoms with van der Waals surface area (Å²) in [4.78, 5) is 38.3. The summed E-state index contributed by atoms with van der Waals surface area (Å²) in [5.41, 5.74) is 0. The van der Waals surface area contributed by atoms with Crippen LogP contribution in [0, 0.1) is 0 Å². The molecule has 6 heteroatoms. The number of carbonyl (C=O) groups excluding carboxylic acids is 3. The predicted octanol–water partition coefficient (Wildman–Crippen LogP) is 24.7. The molecule has 0 aliphatic rings. The zero-order chi connectivity index (χ0) is 57.8. The Labute approximate surface area is 499 Å². The summed E-state index contributed by atoms with van der Waals surface area (Å²) in [6.07, 6.45) is 86.3. The molecule has 0 aromatic carbocycles. The maximum atomic E-state index is 12.9. The van der Waals surface area contributed by atoms with Gasteiger partial charge in [-0.3, -0.25) is 14.4 Å². The molecule has 0 fully saturated rings. The maximum Gasteiger partial charge on any atom is 0.306 e. The first-order valence-electron chi connectivity index (χ1n) is 36.0. The van der Waals surface area contributed by atoms with Gasteiger partial charge in [0.25, 0.3) is 0 Å². The van der Waals surface area contributed by atoms with Gasteiger partial charge in [0.1, 0.15) is 13.2 Å². The van der Waals surface area contributed by atoms with Crippen molar-refractivity contribution in [3.05, 3.63) is 36.5 Å². The van der Waals surface area contributed by atoms with Crippen LogP contribution in [0.1, 0.15) is 400 Å². The minimum absolute atomic E-state index is 0.0759. The Morgan fingerprint density at radius 1 is 0.250 bits per heavy atom. The van der Waals surface area contributed by atoms with Crippen LogP contribution >= 0.6 is 0 Å². The van der Waals surface area contributed by atoms with E-state index in [-0.39, 0.29) is 31.1 Å². The van der Waals surface area contributed by atoms with Gasteiger partial charge in [0.15, 0.2) is 6.10 Å². The SMILES string of the molecule is CCCC/C=C\C/C=C\CCCCCCCC(=O)OCC(COC(=O)CCCCCCCCCCCCCCCCCCCCCCCCCCCCCCCCCCC)OC(=O)CCCCCCC/C=C\CCCCCCCC. The number of esters is 3. The topological polar surface area (TPSA) is 78.9 Å². The van der Waals surface area contributed by atoms with Crippen LogP contribution in [0.5, 0.6) is 0 Å². The second-order valence-corrected chi connectivity index (χ2v) is 24.5. The fourth-order valence-corrected chi connectivity index (χ4v) is 10.9. The fourth-order valence-electron chi connectivity index (χ4n) is 10.9. The molecule has 80 heavy (non-hydrogen) atoms. The third kappa shape index (κ3) is 66.4. The molecule has 0 radical (unpaired) electrons. The molecule has 0 aliphatic heterocycles. The molecule has 0 saturated carbocycles. The summed E-state index contributed by atoms with van der Waals surface area (Å²) in [6, 6.07) is 0. The van der Waals surface area contributed by atoms with Crippen LogP contribution in [0.2, 0.25) is 0 Å². The van der Waals surface area contributed by atoms with Gasteiger partial charge in [0.2, 0.25) is 0 Å². The Morgan fingerprint density at radius 3 is 0.738 bits per heavy atom. The number of carbonyl (C=O) groups is 3. The Bertz CT molecular complexity index is 1340. The zero-order valence-electron chi connectivity index (χ0n) is 54.1. The maximum absolute atomic E-state index is 12.9. The second-order valence-electron chi connectivity index (χ2n) is 24.5. The molecule has 1 atom stereocenters. The van der Waals surface area contributed by atoms with Crippen LogP contribution in [0.25, 0.3) is 0 Å². The molecule has 1 unspecified atom stereocenters. The van der Waals surface area contributed by atoms with Gasteiger partial charge in [-0.2, -0.15) is 0 Å². The number of hydrogen-bond donors (Lipinski definition) is 0. The van der Waals surface area contributed by atoms with Crippen LogP contribution in [0.4, 0.5) is 0 Å². The molecule has 0 saturated heterocycles. The van der Waals surface area contributed by atoms with Crippen LogP contribution in [-0.4, -0.2) is 37.2 Å². The van der Waals surface area contributed by atoms with E-state index >= 15 is 0 Å². The lowest BCUT2D eigenvalue weighted by molar-refractivity contribution is -0.167. The third-order valence-corrected chi connectivity index (χ3v) is 16.4. The van der Waals surface area contributed by atoms with E-state index in [4.69, 9.17) is 14.2 Å².